The van der Waals surface area contributed by atoms with Crippen LogP contribution in [0.2, 0.25) is 0 Å². The molecule has 5 nitrogen and oxygen atoms in total. The molecule has 2 rings (SSSR count). The molecule has 0 aromatic heterocycles. The van der Waals surface area contributed by atoms with Crippen molar-refractivity contribution in [1.82, 2.24) is 4.90 Å². The fraction of sp³-hybridized carbons (Fsp3) is 0.533. The highest BCUT2D eigenvalue weighted by Crippen LogP contribution is 2.26. The van der Waals surface area contributed by atoms with Gasteiger partial charge < -0.3 is 20.1 Å². The first kappa shape index (κ1) is 14.7. The minimum Gasteiger partial charge on any atom is -0.497 e. The van der Waals surface area contributed by atoms with Crippen molar-refractivity contribution in [3.8, 4) is 5.75 Å². The van der Waals surface area contributed by atoms with Crippen molar-refractivity contribution in [2.75, 3.05) is 32.1 Å². The lowest BCUT2D eigenvalue weighted by molar-refractivity contribution is 0.197. The van der Waals surface area contributed by atoms with Crippen molar-refractivity contribution in [2.45, 2.75) is 13.3 Å². The topological polar surface area (TPSA) is 61.8 Å². The Kier molecular flexibility index (Phi) is 4.84. The van der Waals surface area contributed by atoms with Gasteiger partial charge in [0.2, 0.25) is 0 Å². The maximum atomic E-state index is 12.2. The Morgan fingerprint density at radius 3 is 2.50 bits per heavy atom. The summed E-state index contributed by atoms with van der Waals surface area (Å²) in [6.45, 7) is 3.57. The van der Waals surface area contributed by atoms with E-state index in [1.54, 1.807) is 12.0 Å². The molecule has 1 aromatic rings. The maximum Gasteiger partial charge on any atom is 0.321 e. The summed E-state index contributed by atoms with van der Waals surface area (Å²) >= 11 is 0. The molecule has 0 aliphatic carbocycles. The predicted octanol–water partition coefficient (Wildman–Crippen LogP) is 2.18. The average Bonchev–Trinajstić information content (AvgIpc) is 2.91. The molecule has 1 saturated heterocycles. The molecule has 1 aliphatic rings. The van der Waals surface area contributed by atoms with Gasteiger partial charge in [-0.15, -0.1) is 0 Å². The summed E-state index contributed by atoms with van der Waals surface area (Å²) in [6, 6.07) is 7.14. The van der Waals surface area contributed by atoms with Crippen molar-refractivity contribution in [3.05, 3.63) is 24.3 Å². The number of methoxy groups -OCH3 is 1. The van der Waals surface area contributed by atoms with Crippen LogP contribution in [0.15, 0.2) is 24.3 Å². The van der Waals surface area contributed by atoms with E-state index in [1.165, 1.54) is 0 Å². The van der Waals surface area contributed by atoms with Gasteiger partial charge in [-0.25, -0.2) is 4.79 Å². The Morgan fingerprint density at radius 2 is 2.00 bits per heavy atom. The van der Waals surface area contributed by atoms with Crippen LogP contribution in [0.5, 0.6) is 5.75 Å². The normalized spacial score (nSPS) is 21.9. The molecular weight excluding hydrogens is 256 g/mol. The van der Waals surface area contributed by atoms with E-state index >= 15 is 0 Å². The number of ether oxygens (including phenoxy) is 1. The smallest absolute Gasteiger partial charge is 0.321 e. The van der Waals surface area contributed by atoms with Gasteiger partial charge >= 0.3 is 6.03 Å². The minimum atomic E-state index is -0.107. The largest absolute Gasteiger partial charge is 0.497 e. The van der Waals surface area contributed by atoms with Gasteiger partial charge in [0.25, 0.3) is 0 Å². The van der Waals surface area contributed by atoms with Gasteiger partial charge in [0.15, 0.2) is 0 Å². The fourth-order valence-corrected chi connectivity index (χ4v) is 2.65. The molecule has 2 N–H and O–H groups in total. The number of urea groups is 1. The lowest BCUT2D eigenvalue weighted by Crippen LogP contribution is -2.33. The summed E-state index contributed by atoms with van der Waals surface area (Å²) in [6.07, 6.45) is 0.984. The van der Waals surface area contributed by atoms with Crippen LogP contribution in [0.25, 0.3) is 0 Å². The molecule has 0 bridgehead atoms. The Labute approximate surface area is 119 Å². The lowest BCUT2D eigenvalue weighted by Gasteiger charge is -2.17. The average molecular weight is 278 g/mol. The lowest BCUT2D eigenvalue weighted by atomic mass is 9.95. The molecule has 1 heterocycles. The third-order valence-corrected chi connectivity index (χ3v) is 3.96. The van der Waals surface area contributed by atoms with Gasteiger partial charge in [0, 0.05) is 31.3 Å². The summed E-state index contributed by atoms with van der Waals surface area (Å²) in [7, 11) is 1.61. The first-order valence-electron chi connectivity index (χ1n) is 6.98. The van der Waals surface area contributed by atoms with Crippen LogP contribution in [-0.4, -0.2) is 42.8 Å². The quantitative estimate of drug-likeness (QED) is 0.887. The Bertz CT molecular complexity index is 435. The third kappa shape index (κ3) is 3.22. The second-order valence-corrected chi connectivity index (χ2v) is 5.17. The monoisotopic (exact) mass is 278 g/mol. The van der Waals surface area contributed by atoms with E-state index in [0.29, 0.717) is 19.0 Å². The van der Waals surface area contributed by atoms with Gasteiger partial charge in [-0.3, -0.25) is 0 Å². The van der Waals surface area contributed by atoms with Gasteiger partial charge in [-0.05, 0) is 30.2 Å². The number of rotatable bonds is 4. The van der Waals surface area contributed by atoms with Crippen LogP contribution < -0.4 is 10.1 Å². The van der Waals surface area contributed by atoms with Crippen LogP contribution in [-0.2, 0) is 0 Å². The summed E-state index contributed by atoms with van der Waals surface area (Å²) in [5.41, 5.74) is 0.747. The van der Waals surface area contributed by atoms with Crippen molar-refractivity contribution in [2.24, 2.45) is 11.8 Å². The number of hydrogen-bond donors (Lipinski definition) is 2. The zero-order chi connectivity index (χ0) is 14.5. The van der Waals surface area contributed by atoms with E-state index in [9.17, 15) is 9.90 Å². The number of carbonyl (C=O) groups is 1. The number of aliphatic hydroxyl groups excluding tert-OH is 1. The Balaban J connectivity index is 1.94. The SMILES string of the molecule is CC[C@@H]1CN(C(=O)Nc2ccc(OC)cc2)C[C@@H]1CO. The molecule has 0 unspecified atom stereocenters. The molecule has 2 amide bonds. The first-order chi connectivity index (χ1) is 9.67. The number of carbonyl (C=O) groups excluding carboxylic acids is 1. The molecule has 110 valence electrons. The van der Waals surface area contributed by atoms with Crippen LogP contribution in [0.4, 0.5) is 10.5 Å². The molecule has 20 heavy (non-hydrogen) atoms. The van der Waals surface area contributed by atoms with E-state index in [1.807, 2.05) is 24.3 Å². The van der Waals surface area contributed by atoms with Crippen LogP contribution in [0.3, 0.4) is 0 Å². The standard InChI is InChI=1S/C15H22N2O3/c1-3-11-8-17(9-12(11)10-18)15(19)16-13-4-6-14(20-2)7-5-13/h4-7,11-12,18H,3,8-10H2,1-2H3,(H,16,19)/t11-,12-/m1/s1. The highest BCUT2D eigenvalue weighted by Gasteiger charge is 2.33. The number of aliphatic hydroxyl groups is 1. The molecule has 0 spiro atoms. The third-order valence-electron chi connectivity index (χ3n) is 3.96. The fourth-order valence-electron chi connectivity index (χ4n) is 2.65. The summed E-state index contributed by atoms with van der Waals surface area (Å²) < 4.78 is 5.08. The Hall–Kier alpha value is -1.75. The number of hydrogen-bond acceptors (Lipinski definition) is 3. The van der Waals surface area contributed by atoms with Gasteiger partial charge in [0.05, 0.1) is 7.11 Å². The molecule has 0 radical (unpaired) electrons. The minimum absolute atomic E-state index is 0.107. The zero-order valence-corrected chi connectivity index (χ0v) is 12.0. The Morgan fingerprint density at radius 1 is 1.35 bits per heavy atom. The summed E-state index contributed by atoms with van der Waals surface area (Å²) in [5, 5.41) is 12.2. The van der Waals surface area contributed by atoms with Gasteiger partial charge in [-0.1, -0.05) is 13.3 Å². The van der Waals surface area contributed by atoms with E-state index in [0.717, 1.165) is 17.9 Å². The highest BCUT2D eigenvalue weighted by molar-refractivity contribution is 5.89. The maximum absolute atomic E-state index is 12.2. The van der Waals surface area contributed by atoms with Crippen LogP contribution in [0, 0.1) is 11.8 Å². The molecular formula is C15H22N2O3. The number of amides is 2. The second kappa shape index (κ2) is 6.61. The molecule has 0 saturated carbocycles. The van der Waals surface area contributed by atoms with Crippen LogP contribution in [0.1, 0.15) is 13.3 Å². The summed E-state index contributed by atoms with van der Waals surface area (Å²) in [4.78, 5) is 14.0. The zero-order valence-electron chi connectivity index (χ0n) is 12.0. The second-order valence-electron chi connectivity index (χ2n) is 5.17. The predicted molar refractivity (Wildman–Crippen MR) is 77.9 cm³/mol. The van der Waals surface area contributed by atoms with E-state index in [2.05, 4.69) is 12.2 Å². The molecule has 5 heteroatoms. The number of nitrogens with one attached hydrogen (secondary N) is 1. The van der Waals surface area contributed by atoms with Crippen molar-refractivity contribution >= 4 is 11.7 Å². The highest BCUT2D eigenvalue weighted by atomic mass is 16.5. The first-order valence-corrected chi connectivity index (χ1v) is 6.98. The van der Waals surface area contributed by atoms with Gasteiger partial charge in [-0.2, -0.15) is 0 Å². The molecule has 1 aliphatic heterocycles. The molecule has 2 atom stereocenters. The van der Waals surface area contributed by atoms with Crippen molar-refractivity contribution in [1.29, 1.82) is 0 Å². The number of anilines is 1. The number of likely N-dealkylation sites (tertiary alicyclic amines) is 1. The number of nitrogens with zero attached hydrogens (tertiary/aromatic N) is 1. The molecule has 1 aromatic carbocycles. The van der Waals surface area contributed by atoms with Crippen molar-refractivity contribution < 1.29 is 14.6 Å². The van der Waals surface area contributed by atoms with E-state index in [-0.39, 0.29) is 18.6 Å². The molecule has 1 fully saturated rings. The summed E-state index contributed by atoms with van der Waals surface area (Å²) in [5.74, 6) is 1.35. The number of benzene rings is 1. The van der Waals surface area contributed by atoms with E-state index < -0.39 is 0 Å². The van der Waals surface area contributed by atoms with E-state index in [4.69, 9.17) is 4.74 Å². The van der Waals surface area contributed by atoms with Crippen molar-refractivity contribution in [3.63, 3.8) is 0 Å². The van der Waals surface area contributed by atoms with Gasteiger partial charge in [0.1, 0.15) is 5.75 Å². The van der Waals surface area contributed by atoms with Crippen LogP contribution >= 0.6 is 0 Å².